The number of aromatic nitrogens is 4. The number of aliphatic hydroxyl groups is 3. The van der Waals surface area contributed by atoms with E-state index < -0.39 is 30.6 Å². The van der Waals surface area contributed by atoms with Crippen LogP contribution in [0.25, 0.3) is 11.2 Å². The molecule has 3 heterocycles. The van der Waals surface area contributed by atoms with E-state index in [1.165, 1.54) is 24.1 Å². The Balaban J connectivity index is 2.06. The quantitative estimate of drug-likeness (QED) is 0.560. The van der Waals surface area contributed by atoms with E-state index in [9.17, 15) is 15.3 Å². The SMILES string of the molecule is CNc1ncnc2c1ncn2C1OC(C)(CO)C(O)C1O. The number of aliphatic hydroxyl groups excluding tert-OH is 3. The van der Waals surface area contributed by atoms with Crippen LogP contribution in [-0.2, 0) is 4.74 Å². The summed E-state index contributed by atoms with van der Waals surface area (Å²) in [4.78, 5) is 12.4. The molecule has 2 aromatic rings. The molecule has 0 aliphatic carbocycles. The van der Waals surface area contributed by atoms with Gasteiger partial charge in [0, 0.05) is 7.05 Å². The Morgan fingerprint density at radius 2 is 2.14 bits per heavy atom. The van der Waals surface area contributed by atoms with Gasteiger partial charge < -0.3 is 25.4 Å². The molecule has 9 nitrogen and oxygen atoms in total. The Bertz CT molecular complexity index is 662. The maximum atomic E-state index is 10.2. The molecule has 0 bridgehead atoms. The molecule has 0 amide bonds. The molecule has 4 atom stereocenters. The summed E-state index contributed by atoms with van der Waals surface area (Å²) in [7, 11) is 1.72. The first-order chi connectivity index (χ1) is 10.0. The molecule has 0 aromatic carbocycles. The highest BCUT2D eigenvalue weighted by Crippen LogP contribution is 2.38. The molecule has 4 unspecified atom stereocenters. The van der Waals surface area contributed by atoms with Gasteiger partial charge in [-0.3, -0.25) is 4.57 Å². The Morgan fingerprint density at radius 1 is 1.38 bits per heavy atom. The van der Waals surface area contributed by atoms with Crippen LogP contribution in [-0.4, -0.2) is 66.3 Å². The Hall–Kier alpha value is -1.81. The molecular weight excluding hydrogens is 278 g/mol. The molecule has 1 aliphatic heterocycles. The molecule has 114 valence electrons. The van der Waals surface area contributed by atoms with Gasteiger partial charge in [0.1, 0.15) is 29.7 Å². The predicted molar refractivity (Wildman–Crippen MR) is 72.5 cm³/mol. The van der Waals surface area contributed by atoms with E-state index >= 15 is 0 Å². The molecule has 21 heavy (non-hydrogen) atoms. The number of anilines is 1. The van der Waals surface area contributed by atoms with Crippen LogP contribution in [0.4, 0.5) is 5.82 Å². The number of rotatable bonds is 3. The second kappa shape index (κ2) is 4.88. The van der Waals surface area contributed by atoms with Gasteiger partial charge in [-0.1, -0.05) is 0 Å². The van der Waals surface area contributed by atoms with E-state index in [4.69, 9.17) is 4.74 Å². The average Bonchev–Trinajstić information content (AvgIpc) is 3.02. The van der Waals surface area contributed by atoms with Crippen LogP contribution in [0, 0.1) is 0 Å². The smallest absolute Gasteiger partial charge is 0.167 e. The normalized spacial score (nSPS) is 32.7. The van der Waals surface area contributed by atoms with Gasteiger partial charge in [-0.05, 0) is 6.92 Å². The Morgan fingerprint density at radius 3 is 2.76 bits per heavy atom. The topological polar surface area (TPSA) is 126 Å². The number of nitrogens with one attached hydrogen (secondary N) is 1. The minimum atomic E-state index is -1.24. The predicted octanol–water partition coefficient (Wildman–Crippen LogP) is -1.13. The van der Waals surface area contributed by atoms with Gasteiger partial charge in [0.05, 0.1) is 12.9 Å². The van der Waals surface area contributed by atoms with Crippen LogP contribution in [0.1, 0.15) is 13.2 Å². The van der Waals surface area contributed by atoms with Gasteiger partial charge >= 0.3 is 0 Å². The number of hydrogen-bond acceptors (Lipinski definition) is 8. The third-order valence-corrected chi connectivity index (χ3v) is 3.81. The zero-order valence-electron chi connectivity index (χ0n) is 11.6. The van der Waals surface area contributed by atoms with E-state index in [0.717, 1.165) is 0 Å². The first-order valence-electron chi connectivity index (χ1n) is 6.52. The molecule has 0 saturated carbocycles. The van der Waals surface area contributed by atoms with Gasteiger partial charge in [-0.2, -0.15) is 0 Å². The third-order valence-electron chi connectivity index (χ3n) is 3.81. The second-order valence-electron chi connectivity index (χ2n) is 5.21. The molecule has 1 fully saturated rings. The van der Waals surface area contributed by atoms with Gasteiger partial charge in [-0.25, -0.2) is 15.0 Å². The standard InChI is InChI=1S/C12H17N5O4/c1-12(3-18)8(20)7(19)11(21-12)17-5-16-6-9(13-2)14-4-15-10(6)17/h4-5,7-8,11,18-20H,3H2,1-2H3,(H,13,14,15). The largest absolute Gasteiger partial charge is 0.393 e. The van der Waals surface area contributed by atoms with E-state index in [0.29, 0.717) is 17.0 Å². The molecular formula is C12H17N5O4. The molecule has 2 aromatic heterocycles. The lowest BCUT2D eigenvalue weighted by atomic mass is 9.99. The fourth-order valence-electron chi connectivity index (χ4n) is 2.51. The number of ether oxygens (including phenoxy) is 1. The van der Waals surface area contributed by atoms with Crippen molar-refractivity contribution in [2.24, 2.45) is 0 Å². The van der Waals surface area contributed by atoms with Crippen LogP contribution in [0.2, 0.25) is 0 Å². The minimum Gasteiger partial charge on any atom is -0.393 e. The summed E-state index contributed by atoms with van der Waals surface area (Å²) in [6.07, 6.45) is -0.468. The molecule has 0 radical (unpaired) electrons. The number of fused-ring (bicyclic) bond motifs is 1. The summed E-state index contributed by atoms with van der Waals surface area (Å²) in [6, 6.07) is 0. The first-order valence-corrected chi connectivity index (χ1v) is 6.52. The van der Waals surface area contributed by atoms with Crippen molar-refractivity contribution in [2.45, 2.75) is 31.0 Å². The Kier molecular flexibility index (Phi) is 3.29. The van der Waals surface area contributed by atoms with Crippen molar-refractivity contribution in [3.63, 3.8) is 0 Å². The summed E-state index contributed by atoms with van der Waals surface area (Å²) in [5, 5.41) is 32.5. The fraction of sp³-hybridized carbons (Fsp3) is 0.583. The molecule has 1 saturated heterocycles. The van der Waals surface area contributed by atoms with Gasteiger partial charge in [-0.15, -0.1) is 0 Å². The van der Waals surface area contributed by atoms with Crippen molar-refractivity contribution < 1.29 is 20.1 Å². The summed E-state index contributed by atoms with van der Waals surface area (Å²) in [6.45, 7) is 1.12. The summed E-state index contributed by atoms with van der Waals surface area (Å²) in [5.41, 5.74) is -0.241. The average molecular weight is 295 g/mol. The van der Waals surface area contributed by atoms with E-state index in [2.05, 4.69) is 20.3 Å². The fourth-order valence-corrected chi connectivity index (χ4v) is 2.51. The van der Waals surface area contributed by atoms with E-state index in [-0.39, 0.29) is 0 Å². The monoisotopic (exact) mass is 295 g/mol. The van der Waals surface area contributed by atoms with Crippen LogP contribution < -0.4 is 5.32 Å². The van der Waals surface area contributed by atoms with Crippen LogP contribution >= 0.6 is 0 Å². The summed E-state index contributed by atoms with van der Waals surface area (Å²) < 4.78 is 7.16. The van der Waals surface area contributed by atoms with Gasteiger partial charge in [0.15, 0.2) is 17.7 Å². The number of nitrogens with zero attached hydrogens (tertiary/aromatic N) is 4. The molecule has 0 spiro atoms. The highest BCUT2D eigenvalue weighted by atomic mass is 16.6. The van der Waals surface area contributed by atoms with Crippen molar-refractivity contribution in [1.82, 2.24) is 19.5 Å². The van der Waals surface area contributed by atoms with E-state index in [1.54, 1.807) is 7.05 Å². The lowest BCUT2D eigenvalue weighted by Gasteiger charge is -2.24. The molecule has 9 heteroatoms. The van der Waals surface area contributed by atoms with Crippen LogP contribution in [0.5, 0.6) is 0 Å². The van der Waals surface area contributed by atoms with E-state index in [1.807, 2.05) is 0 Å². The minimum absolute atomic E-state index is 0.412. The lowest BCUT2D eigenvalue weighted by molar-refractivity contribution is -0.115. The van der Waals surface area contributed by atoms with Gasteiger partial charge in [0.25, 0.3) is 0 Å². The molecule has 1 aliphatic rings. The van der Waals surface area contributed by atoms with Crippen molar-refractivity contribution in [3.8, 4) is 0 Å². The second-order valence-corrected chi connectivity index (χ2v) is 5.21. The summed E-state index contributed by atoms with van der Waals surface area (Å²) in [5.74, 6) is 0.553. The van der Waals surface area contributed by atoms with Crippen LogP contribution in [0.3, 0.4) is 0 Å². The number of hydrogen-bond donors (Lipinski definition) is 4. The van der Waals surface area contributed by atoms with Crippen molar-refractivity contribution in [2.75, 3.05) is 19.0 Å². The third kappa shape index (κ3) is 1.97. The highest BCUT2D eigenvalue weighted by Gasteiger charge is 2.52. The lowest BCUT2D eigenvalue weighted by Crippen LogP contribution is -2.43. The molecule has 3 rings (SSSR count). The highest BCUT2D eigenvalue weighted by molar-refractivity contribution is 5.82. The van der Waals surface area contributed by atoms with Gasteiger partial charge in [0.2, 0.25) is 0 Å². The van der Waals surface area contributed by atoms with Crippen LogP contribution in [0.15, 0.2) is 12.7 Å². The maximum absolute atomic E-state index is 10.2. The first kappa shape index (κ1) is 14.1. The maximum Gasteiger partial charge on any atom is 0.167 e. The summed E-state index contributed by atoms with van der Waals surface area (Å²) >= 11 is 0. The molecule has 4 N–H and O–H groups in total. The zero-order valence-corrected chi connectivity index (χ0v) is 11.6. The van der Waals surface area contributed by atoms with Crippen molar-refractivity contribution in [1.29, 1.82) is 0 Å². The number of imidazole rings is 1. The Labute approximate surface area is 120 Å². The van der Waals surface area contributed by atoms with Crippen molar-refractivity contribution >= 4 is 17.0 Å². The van der Waals surface area contributed by atoms with Crippen molar-refractivity contribution in [3.05, 3.63) is 12.7 Å². The zero-order chi connectivity index (χ0) is 15.2.